The normalized spacial score (nSPS) is 21.3. The highest BCUT2D eigenvalue weighted by Crippen LogP contribution is 2.30. The van der Waals surface area contributed by atoms with E-state index < -0.39 is 5.92 Å². The van der Waals surface area contributed by atoms with Crippen molar-refractivity contribution in [2.75, 3.05) is 58.8 Å². The smallest absolute Gasteiger partial charge is 0.231 e. The number of hydrogen-bond donors (Lipinski definition) is 1. The molecule has 0 radical (unpaired) electrons. The molecule has 4 heterocycles. The number of fused-ring (bicyclic) bond motifs is 1. The SMILES string of the molecule is CN=CC(=CN)C1=CN2N=CC(C#N)C2C(c2ccc(N3CCN(C(=O)C(CN(C)C)c4ccccc4)CC3)nc2)=N1. The van der Waals surface area contributed by atoms with Gasteiger partial charge in [-0.2, -0.15) is 10.4 Å². The van der Waals surface area contributed by atoms with Gasteiger partial charge in [-0.15, -0.1) is 0 Å². The lowest BCUT2D eigenvalue weighted by molar-refractivity contribution is -0.133. The maximum absolute atomic E-state index is 13.6. The van der Waals surface area contributed by atoms with Crippen LogP contribution in [0.1, 0.15) is 17.0 Å². The lowest BCUT2D eigenvalue weighted by Crippen LogP contribution is -2.51. The summed E-state index contributed by atoms with van der Waals surface area (Å²) in [5.74, 6) is 0.355. The molecule has 1 aromatic carbocycles. The van der Waals surface area contributed by atoms with Gasteiger partial charge in [0.1, 0.15) is 17.8 Å². The molecular weight excluding hydrogens is 528 g/mol. The number of nitriles is 1. The average Bonchev–Trinajstić information content (AvgIpc) is 3.45. The van der Waals surface area contributed by atoms with Crippen LogP contribution in [0, 0.1) is 17.2 Å². The average molecular weight is 565 g/mol. The van der Waals surface area contributed by atoms with Crippen LogP contribution in [-0.2, 0) is 4.79 Å². The standard InChI is InChI=1S/C31H36N10O/c1-34-17-24(15-32)27-21-41-30(25(16-33)19-36-41)29(37-27)23-9-10-28(35-18-23)39-11-13-40(14-12-39)31(42)26(20-38(2)3)22-7-5-4-6-8-22/h4-10,15,17-19,21,25-26,30H,11-14,20,32H2,1-3H3. The molecule has 0 saturated carbocycles. The number of rotatable bonds is 8. The summed E-state index contributed by atoms with van der Waals surface area (Å²) in [7, 11) is 5.67. The Morgan fingerprint density at radius 2 is 1.95 bits per heavy atom. The number of nitrogens with zero attached hydrogens (tertiary/aromatic N) is 9. The van der Waals surface area contributed by atoms with Crippen molar-refractivity contribution in [1.29, 1.82) is 5.26 Å². The number of nitrogens with two attached hydrogens (primary N) is 1. The number of hydrogen-bond acceptors (Lipinski definition) is 10. The van der Waals surface area contributed by atoms with E-state index in [-0.39, 0.29) is 17.9 Å². The summed E-state index contributed by atoms with van der Waals surface area (Å²) < 4.78 is 0. The monoisotopic (exact) mass is 564 g/mol. The number of aromatic nitrogens is 1. The van der Waals surface area contributed by atoms with Crippen molar-refractivity contribution in [2.24, 2.45) is 26.7 Å². The van der Waals surface area contributed by atoms with Crippen molar-refractivity contribution in [3.63, 3.8) is 0 Å². The van der Waals surface area contributed by atoms with E-state index in [4.69, 9.17) is 15.7 Å². The predicted octanol–water partition coefficient (Wildman–Crippen LogP) is 2.07. The van der Waals surface area contributed by atoms with Crippen molar-refractivity contribution in [2.45, 2.75) is 12.0 Å². The summed E-state index contributed by atoms with van der Waals surface area (Å²) in [6.07, 6.45) is 8.32. The summed E-state index contributed by atoms with van der Waals surface area (Å²) in [5.41, 5.74) is 9.65. The molecular formula is C31H36N10O. The first-order valence-electron chi connectivity index (χ1n) is 14.0. The van der Waals surface area contributed by atoms with Crippen LogP contribution in [-0.4, -0.2) is 104 Å². The zero-order valence-electron chi connectivity index (χ0n) is 24.2. The molecule has 216 valence electrons. The molecule has 0 aliphatic carbocycles. The molecule has 42 heavy (non-hydrogen) atoms. The van der Waals surface area contributed by atoms with Crippen LogP contribution in [0.4, 0.5) is 5.82 Å². The van der Waals surface area contributed by atoms with Crippen LogP contribution in [0.2, 0.25) is 0 Å². The van der Waals surface area contributed by atoms with E-state index in [1.165, 1.54) is 6.20 Å². The molecule has 3 unspecified atom stereocenters. The van der Waals surface area contributed by atoms with Crippen LogP contribution < -0.4 is 10.6 Å². The molecule has 2 aromatic rings. The Labute approximate surface area is 246 Å². The van der Waals surface area contributed by atoms with Gasteiger partial charge in [-0.05, 0) is 31.8 Å². The Bertz CT molecular complexity index is 1460. The zero-order valence-corrected chi connectivity index (χ0v) is 24.2. The number of anilines is 1. The molecule has 3 aliphatic rings. The van der Waals surface area contributed by atoms with Crippen LogP contribution >= 0.6 is 0 Å². The fourth-order valence-corrected chi connectivity index (χ4v) is 5.52. The molecule has 1 amide bonds. The minimum absolute atomic E-state index is 0.159. The van der Waals surface area contributed by atoms with Gasteiger partial charge in [0.05, 0.1) is 29.6 Å². The molecule has 11 heteroatoms. The quantitative estimate of drug-likeness (QED) is 0.486. The molecule has 1 fully saturated rings. The highest BCUT2D eigenvalue weighted by atomic mass is 16.2. The van der Waals surface area contributed by atoms with Crippen molar-refractivity contribution in [3.05, 3.63) is 83.5 Å². The Morgan fingerprint density at radius 3 is 2.57 bits per heavy atom. The molecule has 5 rings (SSSR count). The minimum atomic E-state index is -0.441. The Morgan fingerprint density at radius 1 is 1.19 bits per heavy atom. The van der Waals surface area contributed by atoms with E-state index in [1.807, 2.05) is 61.5 Å². The predicted molar refractivity (Wildman–Crippen MR) is 165 cm³/mol. The maximum atomic E-state index is 13.6. The second-order valence-electron chi connectivity index (χ2n) is 10.7. The molecule has 3 atom stereocenters. The van der Waals surface area contributed by atoms with Crippen molar-refractivity contribution < 1.29 is 4.79 Å². The summed E-state index contributed by atoms with van der Waals surface area (Å²) in [4.78, 5) is 33.5. The molecule has 2 N–H and O–H groups in total. The van der Waals surface area contributed by atoms with Gasteiger partial charge in [-0.25, -0.2) is 9.98 Å². The first kappa shape index (κ1) is 28.7. The van der Waals surface area contributed by atoms with Gasteiger partial charge < -0.3 is 20.4 Å². The van der Waals surface area contributed by atoms with Crippen LogP contribution in [0.15, 0.2) is 87.4 Å². The van der Waals surface area contributed by atoms with Crippen LogP contribution in [0.3, 0.4) is 0 Å². The van der Waals surface area contributed by atoms with Crippen LogP contribution in [0.25, 0.3) is 0 Å². The van der Waals surface area contributed by atoms with Crippen LogP contribution in [0.5, 0.6) is 0 Å². The van der Waals surface area contributed by atoms with E-state index in [9.17, 15) is 10.1 Å². The fourth-order valence-electron chi connectivity index (χ4n) is 5.52. The minimum Gasteiger partial charge on any atom is -0.404 e. The molecule has 3 aliphatic heterocycles. The number of piperazine rings is 1. The number of amides is 1. The highest BCUT2D eigenvalue weighted by molar-refractivity contribution is 6.08. The third kappa shape index (κ3) is 5.94. The third-order valence-electron chi connectivity index (χ3n) is 7.66. The number of allylic oxidation sites excluding steroid dienone is 1. The third-order valence-corrected chi connectivity index (χ3v) is 7.66. The zero-order chi connectivity index (χ0) is 29.6. The Kier molecular flexibility index (Phi) is 8.74. The number of carbonyl (C=O) groups excluding carboxylic acids is 1. The van der Waals surface area contributed by atoms with Gasteiger partial charge in [0.25, 0.3) is 0 Å². The van der Waals surface area contributed by atoms with E-state index >= 15 is 0 Å². The lowest BCUT2D eigenvalue weighted by Gasteiger charge is -2.37. The van der Waals surface area contributed by atoms with Gasteiger partial charge in [0.2, 0.25) is 5.91 Å². The van der Waals surface area contributed by atoms with Crippen molar-refractivity contribution in [1.82, 2.24) is 19.8 Å². The fraction of sp³-hybridized carbons (Fsp3) is 0.355. The van der Waals surface area contributed by atoms with Crippen molar-refractivity contribution in [3.8, 4) is 6.07 Å². The molecule has 0 spiro atoms. The highest BCUT2D eigenvalue weighted by Gasteiger charge is 2.38. The van der Waals surface area contributed by atoms with E-state index in [0.717, 1.165) is 16.9 Å². The molecule has 1 aromatic heterocycles. The molecule has 11 nitrogen and oxygen atoms in total. The number of likely N-dealkylation sites (N-methyl/N-ethyl adjacent to an activating group) is 1. The van der Waals surface area contributed by atoms with E-state index in [1.54, 1.807) is 36.9 Å². The summed E-state index contributed by atoms with van der Waals surface area (Å²) in [5, 5.41) is 15.9. The van der Waals surface area contributed by atoms with E-state index in [2.05, 4.69) is 26.0 Å². The van der Waals surface area contributed by atoms with Gasteiger partial charge in [-0.3, -0.25) is 14.8 Å². The van der Waals surface area contributed by atoms with Gasteiger partial charge in [0.15, 0.2) is 0 Å². The topological polar surface area (TPSA) is 130 Å². The van der Waals surface area contributed by atoms with Crippen molar-refractivity contribution >= 4 is 29.9 Å². The molecule has 0 bridgehead atoms. The maximum Gasteiger partial charge on any atom is 0.231 e. The number of carbonyl (C=O) groups is 1. The lowest BCUT2D eigenvalue weighted by atomic mass is 9.93. The first-order chi connectivity index (χ1) is 20.4. The summed E-state index contributed by atoms with van der Waals surface area (Å²) >= 11 is 0. The van der Waals surface area contributed by atoms with E-state index in [0.29, 0.717) is 49.7 Å². The summed E-state index contributed by atoms with van der Waals surface area (Å²) in [6.45, 7) is 3.31. The second-order valence-corrected chi connectivity index (χ2v) is 10.7. The largest absolute Gasteiger partial charge is 0.404 e. The summed E-state index contributed by atoms with van der Waals surface area (Å²) in [6, 6.07) is 15.9. The van der Waals surface area contributed by atoms with Gasteiger partial charge >= 0.3 is 0 Å². The Balaban J connectivity index is 1.30. The number of hydrazone groups is 1. The van der Waals surface area contributed by atoms with Gasteiger partial charge in [0, 0.05) is 75.7 Å². The van der Waals surface area contributed by atoms with Gasteiger partial charge in [-0.1, -0.05) is 30.3 Å². The number of aliphatic imine (C=N–C) groups is 2. The number of benzene rings is 1. The Hall–Kier alpha value is -4.82. The first-order valence-corrected chi connectivity index (χ1v) is 14.0. The second kappa shape index (κ2) is 12.8. The molecule has 1 saturated heterocycles. The number of pyridine rings is 1.